The van der Waals surface area contributed by atoms with E-state index in [0.29, 0.717) is 12.2 Å². The SMILES string of the molecule is CC(C)C(=O)SCCCCCCNC(=O)c1cc2ccccc2[nH]1. The molecule has 2 rings (SSSR count). The van der Waals surface area contributed by atoms with Crippen LogP contribution in [-0.4, -0.2) is 28.3 Å². The van der Waals surface area contributed by atoms with Gasteiger partial charge in [-0.2, -0.15) is 0 Å². The molecule has 0 atom stereocenters. The lowest BCUT2D eigenvalue weighted by Gasteiger charge is -2.05. The number of nitrogens with one attached hydrogen (secondary N) is 2. The molecule has 0 aliphatic heterocycles. The molecule has 4 nitrogen and oxygen atoms in total. The zero-order valence-corrected chi connectivity index (χ0v) is 15.2. The number of unbranched alkanes of at least 4 members (excludes halogenated alkanes) is 3. The molecule has 0 unspecified atom stereocenters. The van der Waals surface area contributed by atoms with Crippen LogP contribution < -0.4 is 5.32 Å². The summed E-state index contributed by atoms with van der Waals surface area (Å²) in [5.41, 5.74) is 1.59. The third-order valence-electron chi connectivity index (χ3n) is 3.85. The molecule has 1 amide bonds. The maximum Gasteiger partial charge on any atom is 0.267 e. The van der Waals surface area contributed by atoms with Crippen molar-refractivity contribution in [3.8, 4) is 0 Å². The van der Waals surface area contributed by atoms with Crippen molar-refractivity contribution >= 4 is 33.7 Å². The highest BCUT2D eigenvalue weighted by atomic mass is 32.2. The highest BCUT2D eigenvalue weighted by molar-refractivity contribution is 8.13. The maximum absolute atomic E-state index is 12.1. The van der Waals surface area contributed by atoms with Crippen LogP contribution in [0.4, 0.5) is 0 Å². The number of aromatic nitrogens is 1. The number of para-hydroxylation sites is 1. The first-order chi connectivity index (χ1) is 11.6. The molecule has 130 valence electrons. The van der Waals surface area contributed by atoms with Crippen LogP contribution >= 0.6 is 11.8 Å². The fourth-order valence-corrected chi connectivity index (χ4v) is 3.30. The van der Waals surface area contributed by atoms with Crippen LogP contribution in [0.2, 0.25) is 0 Å². The number of benzene rings is 1. The van der Waals surface area contributed by atoms with Crippen molar-refractivity contribution in [1.29, 1.82) is 0 Å². The van der Waals surface area contributed by atoms with E-state index in [1.54, 1.807) is 0 Å². The monoisotopic (exact) mass is 346 g/mol. The minimum Gasteiger partial charge on any atom is -0.351 e. The number of carbonyl (C=O) groups is 2. The molecule has 2 N–H and O–H groups in total. The summed E-state index contributed by atoms with van der Waals surface area (Å²) in [6.45, 7) is 4.56. The van der Waals surface area contributed by atoms with E-state index in [1.807, 2.05) is 44.2 Å². The van der Waals surface area contributed by atoms with Crippen LogP contribution in [0.3, 0.4) is 0 Å². The van der Waals surface area contributed by atoms with Gasteiger partial charge in [0.1, 0.15) is 5.69 Å². The summed E-state index contributed by atoms with van der Waals surface area (Å²) in [5.74, 6) is 0.970. The Labute approximate surface area is 147 Å². The summed E-state index contributed by atoms with van der Waals surface area (Å²) in [6, 6.07) is 9.75. The second kappa shape index (κ2) is 9.52. The number of hydrogen-bond acceptors (Lipinski definition) is 3. The van der Waals surface area contributed by atoms with E-state index in [1.165, 1.54) is 11.8 Å². The largest absolute Gasteiger partial charge is 0.351 e. The highest BCUT2D eigenvalue weighted by Gasteiger charge is 2.08. The summed E-state index contributed by atoms with van der Waals surface area (Å²) in [5, 5.41) is 4.28. The minimum atomic E-state index is -0.0516. The Morgan fingerprint density at radius 1 is 1.12 bits per heavy atom. The lowest BCUT2D eigenvalue weighted by molar-refractivity contribution is -0.113. The van der Waals surface area contributed by atoms with E-state index in [9.17, 15) is 9.59 Å². The number of hydrogen-bond donors (Lipinski definition) is 2. The highest BCUT2D eigenvalue weighted by Crippen LogP contribution is 2.15. The molecular formula is C19H26N2O2S. The van der Waals surface area contributed by atoms with Gasteiger partial charge < -0.3 is 10.3 Å². The van der Waals surface area contributed by atoms with Gasteiger partial charge in [-0.3, -0.25) is 9.59 Å². The van der Waals surface area contributed by atoms with Crippen LogP contribution in [0, 0.1) is 5.92 Å². The van der Waals surface area contributed by atoms with E-state index in [0.717, 1.165) is 42.3 Å². The standard InChI is InChI=1S/C19H26N2O2S/c1-14(2)19(23)24-12-8-4-3-7-11-20-18(22)17-13-15-9-5-6-10-16(15)21-17/h5-6,9-10,13-14,21H,3-4,7-8,11-12H2,1-2H3,(H,20,22). The van der Waals surface area contributed by atoms with Crippen LogP contribution in [0.5, 0.6) is 0 Å². The summed E-state index contributed by atoms with van der Waals surface area (Å²) in [6.07, 6.45) is 4.19. The van der Waals surface area contributed by atoms with Gasteiger partial charge >= 0.3 is 0 Å². The van der Waals surface area contributed by atoms with E-state index in [4.69, 9.17) is 0 Å². The molecule has 0 radical (unpaired) electrons. The molecule has 0 saturated heterocycles. The Bertz CT molecular complexity index is 646. The predicted octanol–water partition coefficient (Wildman–Crippen LogP) is 4.37. The molecule has 24 heavy (non-hydrogen) atoms. The van der Waals surface area contributed by atoms with Crippen molar-refractivity contribution in [3.05, 3.63) is 36.0 Å². The third kappa shape index (κ3) is 5.71. The topological polar surface area (TPSA) is 62.0 Å². The van der Waals surface area contributed by atoms with Crippen LogP contribution in [-0.2, 0) is 4.79 Å². The number of amides is 1. The van der Waals surface area contributed by atoms with Crippen LogP contribution in [0.1, 0.15) is 50.0 Å². The van der Waals surface area contributed by atoms with Crippen molar-refractivity contribution in [1.82, 2.24) is 10.3 Å². The summed E-state index contributed by atoms with van der Waals surface area (Å²) in [4.78, 5) is 26.7. The van der Waals surface area contributed by atoms with Gasteiger partial charge in [0.05, 0.1) is 0 Å². The fraction of sp³-hybridized carbons (Fsp3) is 0.474. The molecule has 0 spiro atoms. The Morgan fingerprint density at radius 3 is 2.62 bits per heavy atom. The number of carbonyl (C=O) groups excluding carboxylic acids is 2. The lowest BCUT2D eigenvalue weighted by atomic mass is 10.2. The molecule has 0 fully saturated rings. The van der Waals surface area contributed by atoms with Crippen molar-refractivity contribution < 1.29 is 9.59 Å². The first-order valence-corrected chi connectivity index (χ1v) is 9.59. The second-order valence-electron chi connectivity index (χ2n) is 6.26. The molecule has 1 heterocycles. The van der Waals surface area contributed by atoms with Gasteiger partial charge in [0.25, 0.3) is 5.91 Å². The normalized spacial score (nSPS) is 11.1. The van der Waals surface area contributed by atoms with Gasteiger partial charge in [0.2, 0.25) is 0 Å². The van der Waals surface area contributed by atoms with Crippen molar-refractivity contribution in [2.75, 3.05) is 12.3 Å². The average molecular weight is 346 g/mol. The van der Waals surface area contributed by atoms with E-state index in [-0.39, 0.29) is 16.9 Å². The molecule has 0 aliphatic rings. The summed E-state index contributed by atoms with van der Waals surface area (Å²) in [7, 11) is 0. The van der Waals surface area contributed by atoms with Crippen molar-refractivity contribution in [3.63, 3.8) is 0 Å². The van der Waals surface area contributed by atoms with Gasteiger partial charge in [0, 0.05) is 29.1 Å². The zero-order chi connectivity index (χ0) is 17.4. The van der Waals surface area contributed by atoms with Gasteiger partial charge in [0.15, 0.2) is 5.12 Å². The molecule has 5 heteroatoms. The molecule has 1 aromatic carbocycles. The quantitative estimate of drug-likeness (QED) is 0.663. The molecule has 0 saturated carbocycles. The van der Waals surface area contributed by atoms with E-state index >= 15 is 0 Å². The molecule has 0 bridgehead atoms. The van der Waals surface area contributed by atoms with Gasteiger partial charge in [-0.25, -0.2) is 0 Å². The molecule has 1 aromatic heterocycles. The maximum atomic E-state index is 12.1. The van der Waals surface area contributed by atoms with Crippen LogP contribution in [0.15, 0.2) is 30.3 Å². The van der Waals surface area contributed by atoms with E-state index in [2.05, 4.69) is 10.3 Å². The summed E-state index contributed by atoms with van der Waals surface area (Å²) < 4.78 is 0. The van der Waals surface area contributed by atoms with Gasteiger partial charge in [-0.05, 0) is 25.0 Å². The van der Waals surface area contributed by atoms with Gasteiger partial charge in [-0.15, -0.1) is 0 Å². The van der Waals surface area contributed by atoms with Crippen molar-refractivity contribution in [2.24, 2.45) is 5.92 Å². The Morgan fingerprint density at radius 2 is 1.88 bits per heavy atom. The summed E-state index contributed by atoms with van der Waals surface area (Å²) >= 11 is 1.44. The molecule has 2 aromatic rings. The second-order valence-corrected chi connectivity index (χ2v) is 7.36. The average Bonchev–Trinajstić information content (AvgIpc) is 3.00. The smallest absolute Gasteiger partial charge is 0.267 e. The predicted molar refractivity (Wildman–Crippen MR) is 101 cm³/mol. The first kappa shape index (κ1) is 18.6. The van der Waals surface area contributed by atoms with Gasteiger partial charge in [-0.1, -0.05) is 56.7 Å². The minimum absolute atomic E-state index is 0.0516. The Hall–Kier alpha value is -1.75. The number of aromatic amines is 1. The Kier molecular flexibility index (Phi) is 7.37. The number of thioether (sulfide) groups is 1. The number of fused-ring (bicyclic) bond motifs is 1. The molecule has 0 aliphatic carbocycles. The zero-order valence-electron chi connectivity index (χ0n) is 14.4. The lowest BCUT2D eigenvalue weighted by Crippen LogP contribution is -2.24. The third-order valence-corrected chi connectivity index (χ3v) is 5.10. The van der Waals surface area contributed by atoms with E-state index < -0.39 is 0 Å². The first-order valence-electron chi connectivity index (χ1n) is 8.60. The fourth-order valence-electron chi connectivity index (χ4n) is 2.41. The van der Waals surface area contributed by atoms with Crippen molar-refractivity contribution in [2.45, 2.75) is 39.5 Å². The number of rotatable bonds is 9. The molecular weight excluding hydrogens is 320 g/mol. The van der Waals surface area contributed by atoms with Crippen LogP contribution in [0.25, 0.3) is 10.9 Å². The number of H-pyrrole nitrogens is 1. The Balaban J connectivity index is 1.57.